The van der Waals surface area contributed by atoms with Crippen LogP contribution in [0.3, 0.4) is 0 Å². The number of hydrogen-bond acceptors (Lipinski definition) is 7. The standard InChI is InChI=1S/C3H5NO.CO2.Ar.N2.O2/c1-2-3(4)5;2-1-3;;2*1-2/h2H,1H2,(H2,4,5);;;;. The fourth-order valence-corrected chi connectivity index (χ4v) is 0. The number of amides is 1. The zero-order chi connectivity index (χ0) is 11.0. The third-order valence-corrected chi connectivity index (χ3v) is 0.201. The molecule has 2 N–H and O–H groups in total. The first-order chi connectivity index (χ1) is 5.68. The molecule has 0 saturated carbocycles. The Morgan fingerprint density at radius 1 is 1.31 bits per heavy atom. The number of hydrogen-bond donors (Lipinski definition) is 1. The van der Waals surface area contributed by atoms with E-state index in [1.807, 2.05) is 0 Å². The molecule has 0 aliphatic rings. The Morgan fingerprint density at radius 2 is 1.38 bits per heavy atom. The average molecular weight is 215 g/mol. The van der Waals surface area contributed by atoms with Gasteiger partial charge in [0.1, 0.15) is 0 Å². The second-order valence-corrected chi connectivity index (χ2v) is 0.690. The van der Waals surface area contributed by atoms with Crippen molar-refractivity contribution in [2.24, 2.45) is 5.73 Å². The molecule has 0 spiro atoms. The summed E-state index contributed by atoms with van der Waals surface area (Å²) in [5, 5.41) is 12.0. The number of nitrogens with two attached hydrogens (primary N) is 1. The summed E-state index contributed by atoms with van der Waals surface area (Å²) in [5.41, 5.74) is 4.53. The van der Waals surface area contributed by atoms with Crippen LogP contribution < -0.4 is 5.73 Å². The van der Waals surface area contributed by atoms with E-state index in [1.54, 1.807) is 0 Å². The molecular weight excluding hydrogens is 210 g/mol. The molecule has 0 unspecified atom stereocenters. The normalized spacial score (nSPS) is 3.54. The number of carbonyl (C=O) groups is 1. The van der Waals surface area contributed by atoms with Crippen molar-refractivity contribution in [1.82, 2.24) is 0 Å². The van der Waals surface area contributed by atoms with Gasteiger partial charge in [-0.15, -0.1) is 0 Å². The van der Waals surface area contributed by atoms with Crippen LogP contribution in [0.15, 0.2) is 12.7 Å². The molecule has 74 valence electrons. The Bertz CT molecular complexity index is 164. The van der Waals surface area contributed by atoms with Crippen LogP contribution in [0.25, 0.3) is 0 Å². The van der Waals surface area contributed by atoms with E-state index in [0.717, 1.165) is 6.08 Å². The van der Waals surface area contributed by atoms with Gasteiger partial charge in [-0.1, -0.05) is 6.58 Å². The quantitative estimate of drug-likeness (QED) is 0.441. The predicted molar refractivity (Wildman–Crippen MR) is 34.6 cm³/mol. The molecule has 0 rings (SSSR count). The Balaban J connectivity index is -0.0000000235. The first-order valence-corrected chi connectivity index (χ1v) is 1.96. The number of carbonyl (C=O) groups excluding carboxylic acids is 3. The minimum Gasteiger partial charge on any atom is -0.366 e. The van der Waals surface area contributed by atoms with Crippen LogP contribution in [0.1, 0.15) is 0 Å². The minimum absolute atomic E-state index is 0. The van der Waals surface area contributed by atoms with Crippen molar-refractivity contribution in [3.63, 3.8) is 0 Å². The number of nitrogens with zero attached hydrogens (tertiary/aromatic N) is 2. The van der Waals surface area contributed by atoms with Gasteiger partial charge in [-0.2, -0.15) is 9.59 Å². The molecule has 0 radical (unpaired) electrons. The number of rotatable bonds is 1. The molecule has 0 aromatic heterocycles. The van der Waals surface area contributed by atoms with E-state index in [2.05, 4.69) is 12.3 Å². The second kappa shape index (κ2) is 70.7. The van der Waals surface area contributed by atoms with Crippen LogP contribution in [0, 0.1) is 58.5 Å². The van der Waals surface area contributed by atoms with E-state index in [-0.39, 0.29) is 43.9 Å². The predicted octanol–water partition coefficient (Wildman–Crippen LogP) is -0.829. The molecule has 0 bridgehead atoms. The third kappa shape index (κ3) is 1130. The molecule has 1 amide bonds. The summed E-state index contributed by atoms with van der Waals surface area (Å²) in [6.07, 6.45) is 1.31. The van der Waals surface area contributed by atoms with Crippen LogP contribution in [-0.2, 0) is 14.4 Å². The third-order valence-electron chi connectivity index (χ3n) is 0.201. The molecule has 0 aliphatic heterocycles. The van der Waals surface area contributed by atoms with E-state index < -0.39 is 5.91 Å². The van der Waals surface area contributed by atoms with Crippen molar-refractivity contribution >= 4 is 12.1 Å². The van der Waals surface area contributed by atoms with Gasteiger partial charge < -0.3 is 5.73 Å². The van der Waals surface area contributed by atoms with Crippen LogP contribution >= 0.6 is 0 Å². The molecule has 0 heterocycles. The molecule has 0 aromatic carbocycles. The molecule has 8 nitrogen and oxygen atoms in total. The largest absolute Gasteiger partial charge is 0.373 e. The zero-order valence-corrected chi connectivity index (χ0v) is 6.86. The van der Waals surface area contributed by atoms with Gasteiger partial charge in [-0.25, -0.2) is 0 Å². The molecular formula is C4H5ArN3O5. The smallest absolute Gasteiger partial charge is 0.366 e. The second-order valence-electron chi connectivity index (χ2n) is 0.690. The molecule has 0 atom stereocenters. The van der Waals surface area contributed by atoms with E-state index in [1.165, 1.54) is 0 Å². The van der Waals surface area contributed by atoms with Crippen molar-refractivity contribution in [3.8, 4) is 0 Å². The van der Waals surface area contributed by atoms with Gasteiger partial charge in [-0.3, -0.25) is 4.79 Å². The van der Waals surface area contributed by atoms with E-state index in [0.29, 0.717) is 0 Å². The molecule has 0 fully saturated rings. The summed E-state index contributed by atoms with van der Waals surface area (Å²) in [5.74, 6) is -0.481. The number of primary amides is 1. The Hall–Kier alpha value is -1.13. The monoisotopic (exact) mass is 215 g/mol. The van der Waals surface area contributed by atoms with Crippen LogP contribution in [0.5, 0.6) is 0 Å². The topological polar surface area (TPSA) is 159 Å². The van der Waals surface area contributed by atoms with Gasteiger partial charge in [0, 0.05) is 58.5 Å². The van der Waals surface area contributed by atoms with Gasteiger partial charge in [0.15, 0.2) is 0 Å². The zero-order valence-electron chi connectivity index (χ0n) is 6.15. The van der Waals surface area contributed by atoms with E-state index in [4.69, 9.17) is 30.3 Å². The summed E-state index contributed by atoms with van der Waals surface area (Å²) in [4.78, 5) is 39.7. The molecule has 9 heteroatoms. The van der Waals surface area contributed by atoms with E-state index >= 15 is 0 Å². The van der Waals surface area contributed by atoms with Crippen molar-refractivity contribution < 1.29 is 52.1 Å². The first kappa shape index (κ1) is 29.7. The summed E-state index contributed by atoms with van der Waals surface area (Å²) in [7, 11) is 0. The summed E-state index contributed by atoms with van der Waals surface area (Å²) in [6, 6.07) is 0. The maximum atomic E-state index is 9.47. The van der Waals surface area contributed by atoms with Crippen LogP contribution in [-0.4, -0.2) is 12.1 Å². The Kier molecular flexibility index (Phi) is 162. The maximum Gasteiger partial charge on any atom is 0.373 e. The maximum absolute atomic E-state index is 9.47. The average Bonchev–Trinajstić information content (AvgIpc) is 2.13. The fraction of sp³-hybridized carbons (Fsp3) is 0. The van der Waals surface area contributed by atoms with Crippen LogP contribution in [0.4, 0.5) is 0 Å². The van der Waals surface area contributed by atoms with Crippen molar-refractivity contribution in [2.45, 2.75) is 0 Å². The molecule has 0 saturated heterocycles. The first-order valence-electron chi connectivity index (χ1n) is 1.96. The fourth-order valence-electron chi connectivity index (χ4n) is 0. The van der Waals surface area contributed by atoms with E-state index in [9.17, 15) is 4.79 Å². The summed E-state index contributed by atoms with van der Waals surface area (Å²) in [6.45, 7) is 3.09. The van der Waals surface area contributed by atoms with Crippen molar-refractivity contribution in [2.75, 3.05) is 0 Å². The van der Waals surface area contributed by atoms with Gasteiger partial charge in [0.05, 0.1) is 0 Å². The molecule has 0 aliphatic carbocycles. The summed E-state index contributed by atoms with van der Waals surface area (Å²) >= 11 is 0. The van der Waals surface area contributed by atoms with Crippen LogP contribution in [0.2, 0.25) is 0 Å². The Labute approximate surface area is 103 Å². The molecule has 13 heavy (non-hydrogen) atoms. The van der Waals surface area contributed by atoms with Gasteiger partial charge >= 0.3 is 6.15 Å². The van der Waals surface area contributed by atoms with Gasteiger partial charge in [0.2, 0.25) is 5.91 Å². The summed E-state index contributed by atoms with van der Waals surface area (Å²) < 4.78 is 0. The molecule has 0 aromatic rings. The SMILES string of the molecule is C=CC(N)=O.N#N.O=C=O.O=O.[Ar]. The minimum atomic E-state index is -0.481. The van der Waals surface area contributed by atoms with Gasteiger partial charge in [-0.05, 0) is 6.08 Å². The van der Waals surface area contributed by atoms with Crippen molar-refractivity contribution in [1.29, 1.82) is 10.8 Å². The van der Waals surface area contributed by atoms with Crippen molar-refractivity contribution in [3.05, 3.63) is 22.6 Å². The van der Waals surface area contributed by atoms with Gasteiger partial charge in [0.25, 0.3) is 0 Å². The Morgan fingerprint density at radius 3 is 1.38 bits per heavy atom.